The number of hydrogen-bond acceptors (Lipinski definition) is 2. The largest absolute Gasteiger partial charge is 0.323 e. The van der Waals surface area contributed by atoms with Crippen LogP contribution in [0.2, 0.25) is 0 Å². The van der Waals surface area contributed by atoms with Gasteiger partial charge in [0.05, 0.1) is 0 Å². The summed E-state index contributed by atoms with van der Waals surface area (Å²) in [6.07, 6.45) is 0. The van der Waals surface area contributed by atoms with Crippen LogP contribution in [0.3, 0.4) is 0 Å². The molecule has 0 radical (unpaired) electrons. The Bertz CT molecular complexity index is 458. The van der Waals surface area contributed by atoms with Gasteiger partial charge in [-0.05, 0) is 30.2 Å². The van der Waals surface area contributed by atoms with Crippen molar-refractivity contribution in [1.29, 1.82) is 0 Å². The third kappa shape index (κ3) is 3.70. The number of benzene rings is 1. The van der Waals surface area contributed by atoms with Gasteiger partial charge in [0, 0.05) is 44.2 Å². The first kappa shape index (κ1) is 14.3. The van der Waals surface area contributed by atoms with E-state index < -0.39 is 0 Å². The van der Waals surface area contributed by atoms with Gasteiger partial charge in [0.25, 0.3) is 0 Å². The van der Waals surface area contributed by atoms with Crippen molar-refractivity contribution in [3.63, 3.8) is 0 Å². The summed E-state index contributed by atoms with van der Waals surface area (Å²) in [4.78, 5) is 16.0. The van der Waals surface area contributed by atoms with Crippen molar-refractivity contribution in [2.75, 3.05) is 33.2 Å². The lowest BCUT2D eigenvalue weighted by Crippen LogP contribution is -2.50. The van der Waals surface area contributed by atoms with E-state index in [0.29, 0.717) is 6.54 Å². The van der Waals surface area contributed by atoms with Crippen LogP contribution in [-0.2, 0) is 6.54 Å². The number of piperazine rings is 1. The van der Waals surface area contributed by atoms with Gasteiger partial charge in [0.15, 0.2) is 0 Å². The zero-order valence-electron chi connectivity index (χ0n) is 11.4. The number of hydrogen-bond donors (Lipinski definition) is 1. The normalized spacial score (nSPS) is 15.4. The van der Waals surface area contributed by atoms with Crippen LogP contribution in [-0.4, -0.2) is 49.1 Å². The van der Waals surface area contributed by atoms with Gasteiger partial charge in [0.2, 0.25) is 0 Å². The van der Waals surface area contributed by atoms with E-state index in [1.54, 1.807) is 4.90 Å². The van der Waals surface area contributed by atoms with Crippen LogP contribution in [0.4, 0.5) is 4.79 Å². The molecule has 0 saturated carbocycles. The minimum atomic E-state index is 0.112. The molecule has 1 N–H and O–H groups in total. The van der Waals surface area contributed by atoms with E-state index in [1.165, 1.54) is 11.1 Å². The van der Waals surface area contributed by atoms with Gasteiger partial charge in [-0.25, -0.2) is 4.79 Å². The molecule has 0 unspecified atom stereocenters. The Labute approximate surface area is 122 Å². The predicted octanol–water partition coefficient (Wildman–Crippen LogP) is 2.21. The minimum Gasteiger partial charge on any atom is -0.323 e. The topological polar surface area (TPSA) is 35.6 Å². The average molecular weight is 326 g/mol. The van der Waals surface area contributed by atoms with Gasteiger partial charge in [-0.2, -0.15) is 0 Å². The minimum absolute atomic E-state index is 0.112. The zero-order valence-corrected chi connectivity index (χ0v) is 13.0. The quantitative estimate of drug-likeness (QED) is 0.905. The molecular weight excluding hydrogens is 306 g/mol. The van der Waals surface area contributed by atoms with E-state index in [2.05, 4.69) is 40.3 Å². The molecule has 0 spiro atoms. The van der Waals surface area contributed by atoms with E-state index >= 15 is 0 Å². The molecule has 5 heteroatoms. The second-order valence-corrected chi connectivity index (χ2v) is 5.86. The number of carbonyl (C=O) groups excluding carboxylic acids is 1. The van der Waals surface area contributed by atoms with Crippen molar-refractivity contribution in [3.8, 4) is 0 Å². The summed E-state index contributed by atoms with van der Waals surface area (Å²) in [7, 11) is 1.87. The molecule has 1 aliphatic rings. The predicted molar refractivity (Wildman–Crippen MR) is 80.2 cm³/mol. The lowest BCUT2D eigenvalue weighted by Gasteiger charge is -2.31. The highest BCUT2D eigenvalue weighted by molar-refractivity contribution is 9.10. The maximum Gasteiger partial charge on any atom is 0.320 e. The Morgan fingerprint density at radius 1 is 1.42 bits per heavy atom. The molecule has 19 heavy (non-hydrogen) atoms. The molecule has 2 rings (SSSR count). The molecule has 1 fully saturated rings. The van der Waals surface area contributed by atoms with Crippen LogP contribution in [0, 0.1) is 6.92 Å². The monoisotopic (exact) mass is 325 g/mol. The number of rotatable bonds is 2. The van der Waals surface area contributed by atoms with Crippen LogP contribution in [0.25, 0.3) is 0 Å². The average Bonchev–Trinajstić information content (AvgIpc) is 2.43. The van der Waals surface area contributed by atoms with Gasteiger partial charge in [-0.3, -0.25) is 0 Å². The summed E-state index contributed by atoms with van der Waals surface area (Å²) in [5, 5.41) is 3.26. The van der Waals surface area contributed by atoms with Gasteiger partial charge in [-0.1, -0.05) is 22.0 Å². The molecule has 1 heterocycles. The molecule has 4 nitrogen and oxygen atoms in total. The van der Waals surface area contributed by atoms with Crippen molar-refractivity contribution in [1.82, 2.24) is 15.1 Å². The summed E-state index contributed by atoms with van der Waals surface area (Å²) in [6.45, 7) is 6.07. The second-order valence-electron chi connectivity index (χ2n) is 4.95. The Kier molecular flexibility index (Phi) is 4.82. The molecule has 1 aliphatic heterocycles. The first-order chi connectivity index (χ1) is 9.08. The van der Waals surface area contributed by atoms with Crippen molar-refractivity contribution >= 4 is 22.0 Å². The molecule has 0 bridgehead atoms. The Hall–Kier alpha value is -1.07. The highest BCUT2D eigenvalue weighted by Crippen LogP contribution is 2.17. The fourth-order valence-electron chi connectivity index (χ4n) is 2.23. The van der Waals surface area contributed by atoms with Gasteiger partial charge >= 0.3 is 6.03 Å². The lowest BCUT2D eigenvalue weighted by molar-refractivity contribution is 0.154. The number of carbonyl (C=O) groups is 1. The molecule has 0 aliphatic carbocycles. The molecule has 2 amide bonds. The smallest absolute Gasteiger partial charge is 0.320 e. The first-order valence-electron chi connectivity index (χ1n) is 6.53. The summed E-state index contributed by atoms with van der Waals surface area (Å²) >= 11 is 3.48. The third-order valence-electron chi connectivity index (χ3n) is 3.43. The molecule has 1 aromatic carbocycles. The molecule has 0 aromatic heterocycles. The highest BCUT2D eigenvalue weighted by atomic mass is 79.9. The van der Waals surface area contributed by atoms with E-state index in [0.717, 1.165) is 30.7 Å². The van der Waals surface area contributed by atoms with E-state index in [1.807, 2.05) is 18.0 Å². The van der Waals surface area contributed by atoms with Crippen LogP contribution >= 0.6 is 15.9 Å². The number of aryl methyl sites for hydroxylation is 1. The zero-order chi connectivity index (χ0) is 13.8. The van der Waals surface area contributed by atoms with Crippen LogP contribution in [0.1, 0.15) is 11.1 Å². The summed E-state index contributed by atoms with van der Waals surface area (Å²) in [6, 6.07) is 6.29. The SMILES string of the molecule is Cc1ccc(Br)cc1CN(C)C(=O)N1CCNCC1. The second kappa shape index (κ2) is 6.39. The summed E-state index contributed by atoms with van der Waals surface area (Å²) < 4.78 is 1.05. The Balaban J connectivity index is 2.01. The number of nitrogens with zero attached hydrogens (tertiary/aromatic N) is 2. The fourth-order valence-corrected chi connectivity index (χ4v) is 2.64. The summed E-state index contributed by atoms with van der Waals surface area (Å²) in [5.74, 6) is 0. The summed E-state index contributed by atoms with van der Waals surface area (Å²) in [5.41, 5.74) is 2.39. The van der Waals surface area contributed by atoms with E-state index in [-0.39, 0.29) is 6.03 Å². The van der Waals surface area contributed by atoms with Crippen molar-refractivity contribution in [3.05, 3.63) is 33.8 Å². The molecule has 1 saturated heterocycles. The molecule has 1 aromatic rings. The Morgan fingerprint density at radius 2 is 2.11 bits per heavy atom. The van der Waals surface area contributed by atoms with Crippen LogP contribution in [0.15, 0.2) is 22.7 Å². The standard InChI is InChI=1S/C14H20BrN3O/c1-11-3-4-13(15)9-12(11)10-17(2)14(19)18-7-5-16-6-8-18/h3-4,9,16H,5-8,10H2,1-2H3. The maximum absolute atomic E-state index is 12.3. The number of urea groups is 1. The first-order valence-corrected chi connectivity index (χ1v) is 7.33. The van der Waals surface area contributed by atoms with Crippen molar-refractivity contribution < 1.29 is 4.79 Å². The van der Waals surface area contributed by atoms with Crippen molar-refractivity contribution in [2.24, 2.45) is 0 Å². The number of nitrogens with one attached hydrogen (secondary N) is 1. The fraction of sp³-hybridized carbons (Fsp3) is 0.500. The highest BCUT2D eigenvalue weighted by Gasteiger charge is 2.20. The van der Waals surface area contributed by atoms with Gasteiger partial charge in [-0.15, -0.1) is 0 Å². The van der Waals surface area contributed by atoms with Crippen molar-refractivity contribution in [2.45, 2.75) is 13.5 Å². The van der Waals surface area contributed by atoms with E-state index in [4.69, 9.17) is 0 Å². The number of halogens is 1. The van der Waals surface area contributed by atoms with Gasteiger partial charge in [0.1, 0.15) is 0 Å². The molecule has 0 atom stereocenters. The van der Waals surface area contributed by atoms with Crippen LogP contribution < -0.4 is 5.32 Å². The lowest BCUT2D eigenvalue weighted by atomic mass is 10.1. The maximum atomic E-state index is 12.3. The molecular formula is C14H20BrN3O. The third-order valence-corrected chi connectivity index (χ3v) is 3.93. The van der Waals surface area contributed by atoms with Crippen LogP contribution in [0.5, 0.6) is 0 Å². The Morgan fingerprint density at radius 3 is 2.79 bits per heavy atom. The van der Waals surface area contributed by atoms with E-state index in [9.17, 15) is 4.79 Å². The van der Waals surface area contributed by atoms with Gasteiger partial charge < -0.3 is 15.1 Å². The molecule has 104 valence electrons. The number of amides is 2.